The van der Waals surface area contributed by atoms with Gasteiger partial charge in [0, 0.05) is 6.54 Å². The molecule has 2 rings (SSSR count). The average Bonchev–Trinajstić information content (AvgIpc) is 2.25. The van der Waals surface area contributed by atoms with Crippen LogP contribution >= 0.6 is 11.9 Å². The van der Waals surface area contributed by atoms with Gasteiger partial charge in [-0.2, -0.15) is 0 Å². The van der Waals surface area contributed by atoms with Crippen LogP contribution < -0.4 is 9.46 Å². The lowest BCUT2D eigenvalue weighted by Gasteiger charge is -2.10. The minimum absolute atomic E-state index is 0.251. The Bertz CT molecular complexity index is 277. The number of nitrogens with one attached hydrogen (secondary N) is 1. The summed E-state index contributed by atoms with van der Waals surface area (Å²) in [6.07, 6.45) is 0.251. The van der Waals surface area contributed by atoms with Crippen molar-refractivity contribution in [3.8, 4) is 5.75 Å². The van der Waals surface area contributed by atoms with E-state index in [1.54, 1.807) is 11.9 Å². The molecule has 1 aromatic rings. The van der Waals surface area contributed by atoms with Gasteiger partial charge >= 0.3 is 0 Å². The Labute approximate surface area is 76.4 Å². The Morgan fingerprint density at radius 1 is 1.50 bits per heavy atom. The molecular weight excluding hydrogens is 170 g/mol. The molecule has 0 saturated heterocycles. The highest BCUT2D eigenvalue weighted by molar-refractivity contribution is 7.97. The highest BCUT2D eigenvalue weighted by atomic mass is 32.2. The Balaban J connectivity index is 2.31. The molecule has 1 atom stereocenters. The molecule has 0 saturated carbocycles. The number of benzene rings is 1. The van der Waals surface area contributed by atoms with Gasteiger partial charge in [-0.15, -0.1) is 0 Å². The third-order valence-electron chi connectivity index (χ3n) is 1.73. The number of para-hydroxylation sites is 1. The highest BCUT2D eigenvalue weighted by Gasteiger charge is 2.12. The fourth-order valence-electron chi connectivity index (χ4n) is 1.13. The van der Waals surface area contributed by atoms with Gasteiger partial charge < -0.3 is 4.74 Å². The summed E-state index contributed by atoms with van der Waals surface area (Å²) in [6.45, 7) is 2.95. The minimum atomic E-state index is 0.251. The molecule has 1 unspecified atom stereocenters. The predicted molar refractivity (Wildman–Crippen MR) is 50.4 cm³/mol. The van der Waals surface area contributed by atoms with Crippen molar-refractivity contribution in [1.29, 1.82) is 0 Å². The van der Waals surface area contributed by atoms with Crippen molar-refractivity contribution in [2.24, 2.45) is 0 Å². The maximum atomic E-state index is 5.67. The van der Waals surface area contributed by atoms with Crippen molar-refractivity contribution in [3.05, 3.63) is 24.3 Å². The van der Waals surface area contributed by atoms with Gasteiger partial charge in [0.2, 0.25) is 0 Å². The molecule has 0 amide bonds. The monoisotopic (exact) mass is 181 g/mol. The maximum Gasteiger partial charge on any atom is 0.134 e. The van der Waals surface area contributed by atoms with Gasteiger partial charge in [0.25, 0.3) is 0 Å². The van der Waals surface area contributed by atoms with E-state index in [2.05, 4.69) is 17.7 Å². The van der Waals surface area contributed by atoms with Gasteiger partial charge in [-0.3, -0.25) is 4.72 Å². The molecule has 12 heavy (non-hydrogen) atoms. The van der Waals surface area contributed by atoms with Crippen LogP contribution in [0, 0.1) is 0 Å². The van der Waals surface area contributed by atoms with Gasteiger partial charge in [-0.25, -0.2) is 0 Å². The lowest BCUT2D eigenvalue weighted by atomic mass is 10.3. The number of hydrogen-bond donors (Lipinski definition) is 1. The maximum absolute atomic E-state index is 5.67. The first-order valence-corrected chi connectivity index (χ1v) is 4.83. The van der Waals surface area contributed by atoms with Crippen LogP contribution in [0.4, 0.5) is 0 Å². The Morgan fingerprint density at radius 2 is 2.33 bits per heavy atom. The van der Waals surface area contributed by atoms with E-state index < -0.39 is 0 Å². The van der Waals surface area contributed by atoms with Gasteiger partial charge in [-0.05, 0) is 31.0 Å². The summed E-state index contributed by atoms with van der Waals surface area (Å²) in [5, 5.41) is 0. The number of fused-ring (bicyclic) bond motifs is 1. The molecule has 0 aliphatic carbocycles. The predicted octanol–water partition coefficient (Wildman–Crippen LogP) is 2.06. The van der Waals surface area contributed by atoms with Crippen molar-refractivity contribution < 1.29 is 4.74 Å². The van der Waals surface area contributed by atoms with Crippen LogP contribution in [0.25, 0.3) is 0 Å². The van der Waals surface area contributed by atoms with Crippen LogP contribution in [0.1, 0.15) is 6.92 Å². The van der Waals surface area contributed by atoms with Gasteiger partial charge in [0.1, 0.15) is 11.9 Å². The molecule has 2 nitrogen and oxygen atoms in total. The van der Waals surface area contributed by atoms with Crippen molar-refractivity contribution in [2.75, 3.05) is 6.54 Å². The molecule has 1 heterocycles. The van der Waals surface area contributed by atoms with E-state index >= 15 is 0 Å². The Kier molecular flexibility index (Phi) is 2.23. The smallest absolute Gasteiger partial charge is 0.134 e. The molecule has 0 spiro atoms. The zero-order valence-corrected chi connectivity index (χ0v) is 7.73. The van der Waals surface area contributed by atoms with E-state index in [-0.39, 0.29) is 6.10 Å². The molecule has 1 aromatic carbocycles. The van der Waals surface area contributed by atoms with E-state index in [1.165, 1.54) is 4.90 Å². The third-order valence-corrected chi connectivity index (χ3v) is 2.60. The van der Waals surface area contributed by atoms with Crippen LogP contribution in [0.2, 0.25) is 0 Å². The largest absolute Gasteiger partial charge is 0.488 e. The molecule has 1 N–H and O–H groups in total. The second-order valence-corrected chi connectivity index (χ2v) is 3.76. The first-order chi connectivity index (χ1) is 5.86. The number of ether oxygens (including phenoxy) is 1. The molecule has 0 bridgehead atoms. The summed E-state index contributed by atoms with van der Waals surface area (Å²) in [7, 11) is 0. The molecule has 0 radical (unpaired) electrons. The van der Waals surface area contributed by atoms with Gasteiger partial charge in [0.15, 0.2) is 0 Å². The van der Waals surface area contributed by atoms with Crippen molar-refractivity contribution in [3.63, 3.8) is 0 Å². The summed E-state index contributed by atoms with van der Waals surface area (Å²) in [4.78, 5) is 1.17. The van der Waals surface area contributed by atoms with Crippen LogP contribution in [-0.4, -0.2) is 12.6 Å². The van der Waals surface area contributed by atoms with E-state index in [0.29, 0.717) is 0 Å². The van der Waals surface area contributed by atoms with Crippen molar-refractivity contribution in [2.45, 2.75) is 17.9 Å². The zero-order chi connectivity index (χ0) is 8.39. The number of rotatable bonds is 0. The quantitative estimate of drug-likeness (QED) is 0.619. The highest BCUT2D eigenvalue weighted by Crippen LogP contribution is 2.29. The van der Waals surface area contributed by atoms with Crippen LogP contribution in [0.3, 0.4) is 0 Å². The molecule has 64 valence electrons. The second-order valence-electron chi connectivity index (χ2n) is 2.83. The van der Waals surface area contributed by atoms with Gasteiger partial charge in [0.05, 0.1) is 4.90 Å². The summed E-state index contributed by atoms with van der Waals surface area (Å²) in [5.41, 5.74) is 0. The average molecular weight is 181 g/mol. The van der Waals surface area contributed by atoms with Crippen LogP contribution in [0.15, 0.2) is 29.2 Å². The summed E-state index contributed by atoms with van der Waals surface area (Å²) in [5.74, 6) is 0.986. The normalized spacial score (nSPS) is 22.2. The molecule has 1 aliphatic heterocycles. The Morgan fingerprint density at radius 3 is 3.25 bits per heavy atom. The first kappa shape index (κ1) is 7.95. The van der Waals surface area contributed by atoms with E-state index in [0.717, 1.165) is 12.3 Å². The van der Waals surface area contributed by atoms with E-state index in [4.69, 9.17) is 4.74 Å². The van der Waals surface area contributed by atoms with Crippen LogP contribution in [0.5, 0.6) is 5.75 Å². The fraction of sp³-hybridized carbons (Fsp3) is 0.333. The van der Waals surface area contributed by atoms with E-state index in [1.807, 2.05) is 18.2 Å². The molecule has 3 heteroatoms. The van der Waals surface area contributed by atoms with Crippen molar-refractivity contribution in [1.82, 2.24) is 4.72 Å². The molecule has 0 fully saturated rings. The Hall–Kier alpha value is -0.670. The van der Waals surface area contributed by atoms with Gasteiger partial charge in [-0.1, -0.05) is 12.1 Å². The SMILES string of the molecule is CC1CNSc2ccccc2O1. The lowest BCUT2D eigenvalue weighted by Crippen LogP contribution is -2.22. The van der Waals surface area contributed by atoms with E-state index in [9.17, 15) is 0 Å². The third kappa shape index (κ3) is 1.57. The van der Waals surface area contributed by atoms with Crippen molar-refractivity contribution >= 4 is 11.9 Å². The minimum Gasteiger partial charge on any atom is -0.488 e. The first-order valence-electron chi connectivity index (χ1n) is 4.01. The number of hydrogen-bond acceptors (Lipinski definition) is 3. The van der Waals surface area contributed by atoms with Crippen LogP contribution in [-0.2, 0) is 0 Å². The molecule has 1 aliphatic rings. The summed E-state index contributed by atoms with van der Waals surface area (Å²) in [6, 6.07) is 8.08. The standard InChI is InChI=1S/C9H11NOS/c1-7-6-10-12-9-5-3-2-4-8(9)11-7/h2-5,7,10H,6H2,1H3. The topological polar surface area (TPSA) is 21.3 Å². The zero-order valence-electron chi connectivity index (χ0n) is 6.91. The molecule has 0 aromatic heterocycles. The summed E-state index contributed by atoms with van der Waals surface area (Å²) < 4.78 is 8.92. The fourth-order valence-corrected chi connectivity index (χ4v) is 1.96. The molecular formula is C9H11NOS. The lowest BCUT2D eigenvalue weighted by molar-refractivity contribution is 0.224. The second kappa shape index (κ2) is 3.37. The summed E-state index contributed by atoms with van der Waals surface area (Å²) >= 11 is 1.64.